The molecular weight excluding hydrogens is 404 g/mol. The van der Waals surface area contributed by atoms with Crippen LogP contribution in [-0.2, 0) is 14.4 Å². The van der Waals surface area contributed by atoms with Crippen LogP contribution in [0.15, 0.2) is 0 Å². The zero-order valence-corrected chi connectivity index (χ0v) is 20.9. The molecule has 6 heteroatoms. The van der Waals surface area contributed by atoms with E-state index in [2.05, 4.69) is 12.2 Å². The number of hydrogen-bond acceptors (Lipinski definition) is 4. The topological polar surface area (TPSA) is 89.5 Å². The number of nitrogens with zero attached hydrogens (tertiary/aromatic N) is 1. The Morgan fingerprint density at radius 1 is 0.656 bits per heavy atom. The summed E-state index contributed by atoms with van der Waals surface area (Å²) in [6.07, 6.45) is 20.4. The van der Waals surface area contributed by atoms with Gasteiger partial charge in [0.15, 0.2) is 0 Å². The summed E-state index contributed by atoms with van der Waals surface area (Å²) in [5, 5.41) is 13.3. The molecule has 0 saturated carbocycles. The molecule has 2 amide bonds. The van der Waals surface area contributed by atoms with E-state index < -0.39 is 5.97 Å². The SMILES string of the molecule is CCCCCCCCCCCCCCCCCC(=O)NCCN(CCCC(=O)[O-])C(C)=O. The van der Waals surface area contributed by atoms with Crippen molar-refractivity contribution in [2.75, 3.05) is 19.6 Å². The van der Waals surface area contributed by atoms with E-state index in [1.54, 1.807) is 4.90 Å². The van der Waals surface area contributed by atoms with E-state index in [9.17, 15) is 19.5 Å². The van der Waals surface area contributed by atoms with Gasteiger partial charge < -0.3 is 20.1 Å². The number of rotatable bonds is 23. The molecule has 0 spiro atoms. The number of carboxylic acids is 1. The van der Waals surface area contributed by atoms with Crippen LogP contribution in [0.2, 0.25) is 0 Å². The van der Waals surface area contributed by atoms with Crippen LogP contribution in [-0.4, -0.2) is 42.3 Å². The van der Waals surface area contributed by atoms with Gasteiger partial charge >= 0.3 is 0 Å². The predicted octanol–water partition coefficient (Wildman–Crippen LogP) is 4.74. The van der Waals surface area contributed by atoms with Gasteiger partial charge in [0.05, 0.1) is 0 Å². The van der Waals surface area contributed by atoms with Gasteiger partial charge in [0, 0.05) is 38.9 Å². The molecule has 0 aromatic carbocycles. The third-order valence-electron chi connectivity index (χ3n) is 5.97. The zero-order valence-electron chi connectivity index (χ0n) is 20.9. The predicted molar refractivity (Wildman–Crippen MR) is 129 cm³/mol. The standard InChI is InChI=1S/C26H50N2O4/c1-3-4-5-6-7-8-9-10-11-12-13-14-15-16-17-19-25(30)27-21-23-28(24(2)29)22-18-20-26(31)32/h3-23H2,1-2H3,(H,27,30)(H,31,32)/p-1. The highest BCUT2D eigenvalue weighted by Gasteiger charge is 2.09. The molecule has 0 heterocycles. The monoisotopic (exact) mass is 453 g/mol. The summed E-state index contributed by atoms with van der Waals surface area (Å²) in [6.45, 7) is 4.91. The normalized spacial score (nSPS) is 10.8. The van der Waals surface area contributed by atoms with Crippen molar-refractivity contribution >= 4 is 17.8 Å². The number of carbonyl (C=O) groups excluding carboxylic acids is 3. The van der Waals surface area contributed by atoms with Gasteiger partial charge in [-0.05, 0) is 19.3 Å². The highest BCUT2D eigenvalue weighted by Crippen LogP contribution is 2.13. The summed E-state index contributed by atoms with van der Waals surface area (Å²) in [5.41, 5.74) is 0. The van der Waals surface area contributed by atoms with E-state index in [1.165, 1.54) is 90.4 Å². The van der Waals surface area contributed by atoms with Crippen LogP contribution < -0.4 is 10.4 Å². The van der Waals surface area contributed by atoms with Crippen molar-refractivity contribution in [2.45, 2.75) is 129 Å². The summed E-state index contributed by atoms with van der Waals surface area (Å²) in [6, 6.07) is 0. The van der Waals surface area contributed by atoms with Crippen LogP contribution >= 0.6 is 0 Å². The Bertz CT molecular complexity index is 482. The Morgan fingerprint density at radius 3 is 1.56 bits per heavy atom. The first-order valence-electron chi connectivity index (χ1n) is 13.2. The molecular formula is C26H49N2O4-. The van der Waals surface area contributed by atoms with Gasteiger partial charge in [0.25, 0.3) is 0 Å². The highest BCUT2D eigenvalue weighted by atomic mass is 16.4. The van der Waals surface area contributed by atoms with Crippen molar-refractivity contribution in [2.24, 2.45) is 0 Å². The van der Waals surface area contributed by atoms with Crippen LogP contribution in [0.4, 0.5) is 0 Å². The smallest absolute Gasteiger partial charge is 0.220 e. The Kier molecular flexibility index (Phi) is 21.5. The second kappa shape index (κ2) is 22.6. The average Bonchev–Trinajstić information content (AvgIpc) is 2.75. The number of carbonyl (C=O) groups is 3. The van der Waals surface area contributed by atoms with Crippen molar-refractivity contribution in [3.05, 3.63) is 0 Å². The number of aliphatic carboxylic acids is 1. The van der Waals surface area contributed by atoms with Gasteiger partial charge in [0.2, 0.25) is 11.8 Å². The van der Waals surface area contributed by atoms with Crippen molar-refractivity contribution in [3.8, 4) is 0 Å². The molecule has 0 unspecified atom stereocenters. The number of amides is 2. The average molecular weight is 454 g/mol. The second-order valence-electron chi connectivity index (χ2n) is 9.03. The molecule has 0 aliphatic carbocycles. The van der Waals surface area contributed by atoms with Crippen molar-refractivity contribution in [1.82, 2.24) is 10.2 Å². The minimum atomic E-state index is -1.11. The molecule has 0 bridgehead atoms. The first-order chi connectivity index (χ1) is 15.5. The quantitative estimate of drug-likeness (QED) is 0.226. The van der Waals surface area contributed by atoms with Gasteiger partial charge in [-0.15, -0.1) is 0 Å². The van der Waals surface area contributed by atoms with Crippen molar-refractivity contribution in [1.29, 1.82) is 0 Å². The second-order valence-corrected chi connectivity index (χ2v) is 9.03. The molecule has 0 aliphatic rings. The molecule has 0 fully saturated rings. The molecule has 0 atom stereocenters. The van der Waals surface area contributed by atoms with Crippen molar-refractivity contribution < 1.29 is 19.5 Å². The third kappa shape index (κ3) is 21.6. The lowest BCUT2D eigenvalue weighted by Gasteiger charge is -2.21. The minimum Gasteiger partial charge on any atom is -0.550 e. The summed E-state index contributed by atoms with van der Waals surface area (Å²) >= 11 is 0. The van der Waals surface area contributed by atoms with E-state index in [1.807, 2.05) is 0 Å². The summed E-state index contributed by atoms with van der Waals surface area (Å²) in [4.78, 5) is 35.5. The number of carboxylic acid groups (broad SMARTS) is 1. The van der Waals surface area contributed by atoms with Crippen LogP contribution in [0.5, 0.6) is 0 Å². The molecule has 32 heavy (non-hydrogen) atoms. The lowest BCUT2D eigenvalue weighted by Crippen LogP contribution is -2.38. The van der Waals surface area contributed by atoms with Crippen LogP contribution in [0, 0.1) is 0 Å². The summed E-state index contributed by atoms with van der Waals surface area (Å²) < 4.78 is 0. The summed E-state index contributed by atoms with van der Waals surface area (Å²) in [5.74, 6) is -1.19. The minimum absolute atomic E-state index is 0.0259. The molecule has 1 N–H and O–H groups in total. The molecule has 0 saturated heterocycles. The van der Waals surface area contributed by atoms with E-state index in [0.29, 0.717) is 32.5 Å². The van der Waals surface area contributed by atoms with Gasteiger partial charge in [0.1, 0.15) is 0 Å². The Morgan fingerprint density at radius 2 is 1.12 bits per heavy atom. The van der Waals surface area contributed by atoms with Gasteiger partial charge in [-0.1, -0.05) is 96.8 Å². The van der Waals surface area contributed by atoms with Gasteiger partial charge in [-0.2, -0.15) is 0 Å². The van der Waals surface area contributed by atoms with E-state index in [4.69, 9.17) is 0 Å². The lowest BCUT2D eigenvalue weighted by molar-refractivity contribution is -0.305. The first kappa shape index (κ1) is 30.4. The maximum absolute atomic E-state index is 11.9. The van der Waals surface area contributed by atoms with Crippen molar-refractivity contribution in [3.63, 3.8) is 0 Å². The van der Waals surface area contributed by atoms with Crippen LogP contribution in [0.1, 0.15) is 129 Å². The molecule has 0 aliphatic heterocycles. The lowest BCUT2D eigenvalue weighted by atomic mass is 10.0. The van der Waals surface area contributed by atoms with Crippen LogP contribution in [0.3, 0.4) is 0 Å². The fraction of sp³-hybridized carbons (Fsp3) is 0.885. The Balaban J connectivity index is 3.45. The third-order valence-corrected chi connectivity index (χ3v) is 5.97. The number of nitrogens with one attached hydrogen (secondary N) is 1. The Labute approximate surface area is 196 Å². The number of hydrogen-bond donors (Lipinski definition) is 1. The maximum atomic E-state index is 11.9. The molecule has 0 radical (unpaired) electrons. The molecule has 0 aromatic rings. The Hall–Kier alpha value is -1.59. The first-order valence-corrected chi connectivity index (χ1v) is 13.2. The largest absolute Gasteiger partial charge is 0.550 e. The van der Waals surface area contributed by atoms with E-state index >= 15 is 0 Å². The fourth-order valence-electron chi connectivity index (χ4n) is 3.92. The van der Waals surface area contributed by atoms with Gasteiger partial charge in [-0.3, -0.25) is 9.59 Å². The van der Waals surface area contributed by atoms with E-state index in [-0.39, 0.29) is 18.2 Å². The highest BCUT2D eigenvalue weighted by molar-refractivity contribution is 5.76. The van der Waals surface area contributed by atoms with Crippen LogP contribution in [0.25, 0.3) is 0 Å². The molecule has 0 rings (SSSR count). The molecule has 6 nitrogen and oxygen atoms in total. The molecule has 188 valence electrons. The fourth-order valence-corrected chi connectivity index (χ4v) is 3.92. The van der Waals surface area contributed by atoms with Gasteiger partial charge in [-0.25, -0.2) is 0 Å². The zero-order chi connectivity index (χ0) is 23.9. The van der Waals surface area contributed by atoms with E-state index in [0.717, 1.165) is 12.8 Å². The summed E-state index contributed by atoms with van der Waals surface area (Å²) in [7, 11) is 0. The molecule has 0 aromatic heterocycles. The number of unbranched alkanes of at least 4 members (excludes halogenated alkanes) is 14. The maximum Gasteiger partial charge on any atom is 0.220 e.